The van der Waals surface area contributed by atoms with Crippen LogP contribution >= 0.6 is 7.82 Å². The summed E-state index contributed by atoms with van der Waals surface area (Å²) in [5.74, 6) is -0.837. The van der Waals surface area contributed by atoms with Gasteiger partial charge in [-0.05, 0) is 96.3 Å². The Morgan fingerprint density at radius 1 is 0.403 bits per heavy atom. The van der Waals surface area contributed by atoms with Crippen LogP contribution in [0.15, 0.2) is 97.2 Å². The number of unbranched alkanes of at least 4 members (excludes halogenated alkanes) is 30. The lowest BCUT2D eigenvalue weighted by Gasteiger charge is -2.19. The number of hydrogen-bond acceptors (Lipinski definition) is 8. The van der Waals surface area contributed by atoms with Gasteiger partial charge in [0, 0.05) is 19.4 Å². The van der Waals surface area contributed by atoms with E-state index in [1.807, 2.05) is 0 Å². The summed E-state index contributed by atoms with van der Waals surface area (Å²) >= 11 is 0. The molecule has 0 rings (SSSR count). The number of phosphoric ester groups is 1. The van der Waals surface area contributed by atoms with E-state index in [1.165, 1.54) is 161 Å². The van der Waals surface area contributed by atoms with Crippen molar-refractivity contribution in [2.75, 3.05) is 26.4 Å². The fourth-order valence-corrected chi connectivity index (χ4v) is 9.55. The molecule has 2 unspecified atom stereocenters. The van der Waals surface area contributed by atoms with Gasteiger partial charge in [-0.3, -0.25) is 18.6 Å². The van der Waals surface area contributed by atoms with E-state index < -0.39 is 26.5 Å². The summed E-state index contributed by atoms with van der Waals surface area (Å²) < 4.78 is 33.1. The average molecular weight is 1100 g/mol. The molecule has 3 N–H and O–H groups in total. The molecule has 0 fully saturated rings. The maximum absolute atomic E-state index is 12.7. The first-order chi connectivity index (χ1) is 37.8. The Bertz CT molecular complexity index is 1580. The number of ether oxygens (including phenoxy) is 2. The molecule has 0 aliphatic rings. The molecule has 10 heteroatoms. The van der Waals surface area contributed by atoms with Crippen LogP contribution < -0.4 is 5.73 Å². The molecule has 0 aromatic heterocycles. The Balaban J connectivity index is 3.98. The monoisotopic (exact) mass is 1100 g/mol. The van der Waals surface area contributed by atoms with Gasteiger partial charge >= 0.3 is 19.8 Å². The van der Waals surface area contributed by atoms with Crippen molar-refractivity contribution in [1.29, 1.82) is 0 Å². The first-order valence-corrected chi connectivity index (χ1v) is 33.2. The van der Waals surface area contributed by atoms with Crippen molar-refractivity contribution < 1.29 is 37.6 Å². The molecule has 0 radical (unpaired) electrons. The minimum atomic E-state index is -4.40. The molecular formula is C67H118NO8P. The minimum Gasteiger partial charge on any atom is -0.462 e. The molecular weight excluding hydrogens is 978 g/mol. The third kappa shape index (κ3) is 62.0. The maximum atomic E-state index is 12.7. The molecule has 0 saturated carbocycles. The molecule has 0 bridgehead atoms. The Hall–Kier alpha value is -3.07. The van der Waals surface area contributed by atoms with Gasteiger partial charge in [-0.15, -0.1) is 0 Å². The average Bonchev–Trinajstić information content (AvgIpc) is 3.42. The van der Waals surface area contributed by atoms with Crippen molar-refractivity contribution in [2.45, 2.75) is 290 Å². The van der Waals surface area contributed by atoms with Gasteiger partial charge in [-0.2, -0.15) is 0 Å². The number of phosphoric acid groups is 1. The molecule has 0 heterocycles. The third-order valence-corrected chi connectivity index (χ3v) is 14.4. The zero-order chi connectivity index (χ0) is 55.9. The topological polar surface area (TPSA) is 134 Å². The van der Waals surface area contributed by atoms with Crippen molar-refractivity contribution in [3.63, 3.8) is 0 Å². The van der Waals surface area contributed by atoms with Crippen molar-refractivity contribution in [1.82, 2.24) is 0 Å². The van der Waals surface area contributed by atoms with E-state index in [0.717, 1.165) is 89.9 Å². The van der Waals surface area contributed by atoms with Crippen LogP contribution in [0.25, 0.3) is 0 Å². The van der Waals surface area contributed by atoms with E-state index >= 15 is 0 Å². The lowest BCUT2D eigenvalue weighted by atomic mass is 10.0. The summed E-state index contributed by atoms with van der Waals surface area (Å²) in [7, 11) is -4.40. The second-order valence-electron chi connectivity index (χ2n) is 20.9. The van der Waals surface area contributed by atoms with E-state index in [2.05, 4.69) is 111 Å². The van der Waals surface area contributed by atoms with E-state index in [4.69, 9.17) is 24.3 Å². The number of nitrogens with two attached hydrogens (primary N) is 1. The highest BCUT2D eigenvalue weighted by atomic mass is 31.2. The predicted molar refractivity (Wildman–Crippen MR) is 330 cm³/mol. The standard InChI is InChI=1S/C67H118NO8P/c1-3-5-7-9-11-13-15-17-19-21-23-25-27-29-31-32-34-36-38-40-42-44-46-48-50-52-54-56-58-60-67(70)76-65(64-75-77(71,72)74-62-61-68)63-73-66(69)59-57-55-53-51-49-47-45-43-41-39-37-35-33-30-28-26-24-22-20-18-16-14-12-10-8-6-4-2/h5,7,11,13,17,19,22-25,29,31,34,36,40,42,65H,3-4,6,8-10,12,14-16,18,20-21,26-28,30,32-33,35,37-39,41,43-64,68H2,1-2H3,(H,71,72)/b7-5-,13-11-,19-17-,24-22-,25-23-,31-29-,36-34-,42-40-. The van der Waals surface area contributed by atoms with Gasteiger partial charge < -0.3 is 20.1 Å². The second kappa shape index (κ2) is 62.1. The van der Waals surface area contributed by atoms with E-state index in [9.17, 15) is 19.0 Å². The molecule has 77 heavy (non-hydrogen) atoms. The number of rotatable bonds is 59. The highest BCUT2D eigenvalue weighted by Gasteiger charge is 2.26. The van der Waals surface area contributed by atoms with Crippen molar-refractivity contribution in [3.8, 4) is 0 Å². The summed E-state index contributed by atoms with van der Waals surface area (Å²) in [6, 6.07) is 0. The van der Waals surface area contributed by atoms with Gasteiger partial charge in [-0.25, -0.2) is 4.57 Å². The Labute approximate surface area is 474 Å². The molecule has 2 atom stereocenters. The fourth-order valence-electron chi connectivity index (χ4n) is 8.79. The lowest BCUT2D eigenvalue weighted by Crippen LogP contribution is -2.29. The fraction of sp³-hybridized carbons (Fsp3) is 0.731. The molecule has 0 aliphatic heterocycles. The van der Waals surface area contributed by atoms with Gasteiger partial charge in [0.15, 0.2) is 6.10 Å². The van der Waals surface area contributed by atoms with Crippen LogP contribution in [0.5, 0.6) is 0 Å². The quantitative estimate of drug-likeness (QED) is 0.0264. The second-order valence-corrected chi connectivity index (χ2v) is 22.3. The van der Waals surface area contributed by atoms with Crippen molar-refractivity contribution >= 4 is 19.8 Å². The van der Waals surface area contributed by atoms with Gasteiger partial charge in [0.1, 0.15) is 6.61 Å². The van der Waals surface area contributed by atoms with Crippen LogP contribution in [0.4, 0.5) is 0 Å². The Morgan fingerprint density at radius 3 is 1.08 bits per heavy atom. The Kier molecular flexibility index (Phi) is 59.7. The first-order valence-electron chi connectivity index (χ1n) is 31.7. The molecule has 0 aromatic rings. The van der Waals surface area contributed by atoms with E-state index in [1.54, 1.807) is 0 Å². The zero-order valence-corrected chi connectivity index (χ0v) is 50.6. The molecule has 0 amide bonds. The Morgan fingerprint density at radius 2 is 0.714 bits per heavy atom. The van der Waals surface area contributed by atoms with E-state index in [0.29, 0.717) is 6.42 Å². The number of carbonyl (C=O) groups excluding carboxylic acids is 2. The molecule has 0 aliphatic carbocycles. The van der Waals surface area contributed by atoms with Crippen molar-refractivity contribution in [3.05, 3.63) is 97.2 Å². The smallest absolute Gasteiger partial charge is 0.462 e. The van der Waals surface area contributed by atoms with Crippen LogP contribution in [-0.2, 0) is 32.7 Å². The summed E-state index contributed by atoms with van der Waals surface area (Å²) in [5, 5.41) is 0. The zero-order valence-electron chi connectivity index (χ0n) is 49.7. The number of carbonyl (C=O) groups is 2. The highest BCUT2D eigenvalue weighted by molar-refractivity contribution is 7.47. The summed E-state index contributed by atoms with van der Waals surface area (Å²) in [6.07, 6.45) is 83.3. The number of hydrogen-bond donors (Lipinski definition) is 2. The molecule has 0 spiro atoms. The molecule has 444 valence electrons. The highest BCUT2D eigenvalue weighted by Crippen LogP contribution is 2.43. The molecule has 9 nitrogen and oxygen atoms in total. The lowest BCUT2D eigenvalue weighted by molar-refractivity contribution is -0.161. The van der Waals surface area contributed by atoms with Crippen LogP contribution in [0.3, 0.4) is 0 Å². The summed E-state index contributed by atoms with van der Waals surface area (Å²) in [4.78, 5) is 35.3. The van der Waals surface area contributed by atoms with Gasteiger partial charge in [-0.1, -0.05) is 272 Å². The largest absolute Gasteiger partial charge is 0.472 e. The maximum Gasteiger partial charge on any atom is 0.472 e. The van der Waals surface area contributed by atoms with Crippen LogP contribution in [0.2, 0.25) is 0 Å². The first kappa shape index (κ1) is 73.9. The van der Waals surface area contributed by atoms with E-state index in [-0.39, 0.29) is 38.6 Å². The molecule has 0 aromatic carbocycles. The predicted octanol–water partition coefficient (Wildman–Crippen LogP) is 20.4. The number of allylic oxidation sites excluding steroid dienone is 16. The van der Waals surface area contributed by atoms with Crippen LogP contribution in [0.1, 0.15) is 284 Å². The van der Waals surface area contributed by atoms with Gasteiger partial charge in [0.25, 0.3) is 0 Å². The number of esters is 2. The van der Waals surface area contributed by atoms with Gasteiger partial charge in [0.2, 0.25) is 0 Å². The third-order valence-electron chi connectivity index (χ3n) is 13.5. The SMILES string of the molecule is CC/C=C\C/C=C\C/C=C\C/C=C\C/C=C\C/C=C\C/C=C\CCCCCCCCCC(=O)OC(COC(=O)CCCCCCCCCCCCCCCCC/C=C\CCCCCCCCCC)COP(=O)(O)OCCN. The normalized spacial score (nSPS) is 13.7. The minimum absolute atomic E-state index is 0.0476. The van der Waals surface area contributed by atoms with Gasteiger partial charge in [0.05, 0.1) is 13.2 Å². The van der Waals surface area contributed by atoms with Crippen LogP contribution in [-0.4, -0.2) is 49.3 Å². The molecule has 0 saturated heterocycles. The summed E-state index contributed by atoms with van der Waals surface area (Å²) in [6.45, 7) is 3.64. The van der Waals surface area contributed by atoms with Crippen molar-refractivity contribution in [2.24, 2.45) is 5.73 Å². The summed E-state index contributed by atoms with van der Waals surface area (Å²) in [5.41, 5.74) is 5.39. The van der Waals surface area contributed by atoms with Crippen LogP contribution in [0, 0.1) is 0 Å².